The molecule has 0 bridgehead atoms. The number of nitrogens with zero attached hydrogens (tertiary/aromatic N) is 2. The highest BCUT2D eigenvalue weighted by Gasteiger charge is 2.29. The summed E-state index contributed by atoms with van der Waals surface area (Å²) in [6.45, 7) is 2.56. The van der Waals surface area contributed by atoms with E-state index in [-0.39, 0.29) is 4.90 Å². The number of rotatable bonds is 7. The second kappa shape index (κ2) is 8.27. The third-order valence-corrected chi connectivity index (χ3v) is 6.93. The zero-order chi connectivity index (χ0) is 19.3. The molecule has 1 heterocycles. The molecule has 0 atom stereocenters. The molecule has 27 heavy (non-hydrogen) atoms. The summed E-state index contributed by atoms with van der Waals surface area (Å²) in [6.07, 6.45) is 6.19. The van der Waals surface area contributed by atoms with Crippen molar-refractivity contribution in [3.05, 3.63) is 48.7 Å². The Morgan fingerprint density at radius 3 is 2.41 bits per heavy atom. The van der Waals surface area contributed by atoms with Crippen LogP contribution in [-0.4, -0.2) is 37.2 Å². The van der Waals surface area contributed by atoms with E-state index in [9.17, 15) is 13.5 Å². The molecular formula is C20H27N3O3S. The molecule has 146 valence electrons. The van der Waals surface area contributed by atoms with Crippen molar-refractivity contribution in [3.8, 4) is 0 Å². The Morgan fingerprint density at radius 1 is 1.11 bits per heavy atom. The number of aromatic nitrogens is 1. The Bertz CT molecular complexity index is 833. The predicted molar refractivity (Wildman–Crippen MR) is 107 cm³/mol. The number of hydrogen-bond donors (Lipinski definition) is 2. The Kier molecular flexibility index (Phi) is 6.01. The fourth-order valence-corrected chi connectivity index (χ4v) is 4.91. The van der Waals surface area contributed by atoms with E-state index >= 15 is 0 Å². The van der Waals surface area contributed by atoms with Gasteiger partial charge in [-0.15, -0.1) is 0 Å². The minimum atomic E-state index is -3.67. The molecule has 3 rings (SSSR count). The number of nitrogens with one attached hydrogen (secondary N) is 1. The number of sulfonamides is 1. The van der Waals surface area contributed by atoms with Crippen molar-refractivity contribution < 1.29 is 13.5 Å². The van der Waals surface area contributed by atoms with Gasteiger partial charge in [-0.3, -0.25) is 4.31 Å². The van der Waals surface area contributed by atoms with Gasteiger partial charge >= 0.3 is 0 Å². The third-order valence-electron chi connectivity index (χ3n) is 5.04. The molecule has 1 aliphatic rings. The van der Waals surface area contributed by atoms with E-state index in [1.807, 2.05) is 18.2 Å². The van der Waals surface area contributed by atoms with Crippen molar-refractivity contribution in [2.45, 2.75) is 49.5 Å². The molecule has 0 aliphatic heterocycles. The Balaban J connectivity index is 1.72. The number of hydrogen-bond acceptors (Lipinski definition) is 5. The number of para-hydroxylation sites is 1. The van der Waals surface area contributed by atoms with E-state index in [1.54, 1.807) is 31.2 Å². The maximum atomic E-state index is 13.0. The maximum absolute atomic E-state index is 13.0. The second-order valence-electron chi connectivity index (χ2n) is 7.02. The van der Waals surface area contributed by atoms with Crippen molar-refractivity contribution in [3.63, 3.8) is 0 Å². The third kappa shape index (κ3) is 4.59. The highest BCUT2D eigenvalue weighted by atomic mass is 32.2. The van der Waals surface area contributed by atoms with E-state index in [4.69, 9.17) is 0 Å². The summed E-state index contributed by atoms with van der Waals surface area (Å²) in [5.41, 5.74) is -0.0708. The molecule has 0 amide bonds. The summed E-state index contributed by atoms with van der Waals surface area (Å²) in [4.78, 5) is 4.39. The minimum absolute atomic E-state index is 0.148. The molecule has 6 nitrogen and oxygen atoms in total. The van der Waals surface area contributed by atoms with Gasteiger partial charge < -0.3 is 10.4 Å². The van der Waals surface area contributed by atoms with Gasteiger partial charge in [0.1, 0.15) is 10.7 Å². The molecule has 1 aliphatic carbocycles. The molecule has 0 saturated heterocycles. The zero-order valence-corrected chi connectivity index (χ0v) is 16.5. The lowest BCUT2D eigenvalue weighted by molar-refractivity contribution is 0.0166. The summed E-state index contributed by atoms with van der Waals surface area (Å²) in [6, 6.07) is 12.2. The first-order chi connectivity index (χ1) is 12.9. The zero-order valence-electron chi connectivity index (χ0n) is 15.6. The molecule has 1 aromatic heterocycles. The van der Waals surface area contributed by atoms with E-state index in [1.165, 1.54) is 16.9 Å². The molecule has 1 fully saturated rings. The van der Waals surface area contributed by atoms with Gasteiger partial charge in [0.2, 0.25) is 0 Å². The average Bonchev–Trinajstić information content (AvgIpc) is 2.69. The fraction of sp³-hybridized carbons (Fsp3) is 0.450. The Hall–Kier alpha value is -2.12. The van der Waals surface area contributed by atoms with Crippen LogP contribution in [0.3, 0.4) is 0 Å². The quantitative estimate of drug-likeness (QED) is 0.758. The van der Waals surface area contributed by atoms with Gasteiger partial charge in [0, 0.05) is 19.3 Å². The molecule has 0 radical (unpaired) electrons. The van der Waals surface area contributed by atoms with Crippen LogP contribution >= 0.6 is 0 Å². The topological polar surface area (TPSA) is 82.5 Å². The largest absolute Gasteiger partial charge is 0.388 e. The van der Waals surface area contributed by atoms with Crippen LogP contribution in [-0.2, 0) is 10.0 Å². The molecule has 7 heteroatoms. The normalized spacial score (nSPS) is 16.7. The number of anilines is 2. The lowest BCUT2D eigenvalue weighted by atomic mass is 9.85. The summed E-state index contributed by atoms with van der Waals surface area (Å²) >= 11 is 0. The SMILES string of the molecule is CCN(c1ccccc1)S(=O)(=O)c1ccc(NCC2(O)CCCCC2)nc1. The highest BCUT2D eigenvalue weighted by molar-refractivity contribution is 7.92. The van der Waals surface area contributed by atoms with Crippen molar-refractivity contribution in [1.29, 1.82) is 0 Å². The highest BCUT2D eigenvalue weighted by Crippen LogP contribution is 2.28. The van der Waals surface area contributed by atoms with Crippen LogP contribution < -0.4 is 9.62 Å². The van der Waals surface area contributed by atoms with Gasteiger partial charge in [-0.1, -0.05) is 37.5 Å². The van der Waals surface area contributed by atoms with E-state index in [0.29, 0.717) is 24.6 Å². The standard InChI is InChI=1S/C20H27N3O3S/c1-2-23(17-9-5-3-6-10-17)27(25,26)18-11-12-19(21-15-18)22-16-20(24)13-7-4-8-14-20/h3,5-6,9-12,15,24H,2,4,7-8,13-14,16H2,1H3,(H,21,22). The minimum Gasteiger partial charge on any atom is -0.388 e. The number of benzene rings is 1. The first kappa shape index (κ1) is 19.6. The van der Waals surface area contributed by atoms with Gasteiger partial charge in [0.05, 0.1) is 11.3 Å². The molecule has 0 unspecified atom stereocenters. The maximum Gasteiger partial charge on any atom is 0.265 e. The molecular weight excluding hydrogens is 362 g/mol. The van der Waals surface area contributed by atoms with E-state index in [0.717, 1.165) is 25.7 Å². The first-order valence-electron chi connectivity index (χ1n) is 9.45. The molecule has 0 spiro atoms. The summed E-state index contributed by atoms with van der Waals surface area (Å²) in [5.74, 6) is 0.565. The van der Waals surface area contributed by atoms with Crippen LogP contribution in [0.25, 0.3) is 0 Å². The van der Waals surface area contributed by atoms with Crippen molar-refractivity contribution >= 4 is 21.5 Å². The first-order valence-corrected chi connectivity index (χ1v) is 10.9. The summed E-state index contributed by atoms with van der Waals surface area (Å²) in [5, 5.41) is 13.7. The van der Waals surface area contributed by atoms with Crippen LogP contribution in [0.4, 0.5) is 11.5 Å². The van der Waals surface area contributed by atoms with Crippen LogP contribution in [0.1, 0.15) is 39.0 Å². The number of pyridine rings is 1. The van der Waals surface area contributed by atoms with Crippen LogP contribution in [0.15, 0.2) is 53.6 Å². The monoisotopic (exact) mass is 389 g/mol. The van der Waals surface area contributed by atoms with Crippen molar-refractivity contribution in [2.24, 2.45) is 0 Å². The fourth-order valence-electron chi connectivity index (χ4n) is 3.49. The lowest BCUT2D eigenvalue weighted by Crippen LogP contribution is -2.38. The summed E-state index contributed by atoms with van der Waals surface area (Å²) < 4.78 is 27.3. The predicted octanol–water partition coefficient (Wildman–Crippen LogP) is 3.40. The van der Waals surface area contributed by atoms with Gasteiger partial charge in [-0.25, -0.2) is 13.4 Å². The van der Waals surface area contributed by atoms with E-state index < -0.39 is 15.6 Å². The molecule has 1 saturated carbocycles. The molecule has 2 N–H and O–H groups in total. The van der Waals surface area contributed by atoms with Crippen LogP contribution in [0.5, 0.6) is 0 Å². The van der Waals surface area contributed by atoms with Crippen molar-refractivity contribution in [2.75, 3.05) is 22.7 Å². The molecule has 1 aromatic carbocycles. The van der Waals surface area contributed by atoms with Gasteiger partial charge in [-0.05, 0) is 44.0 Å². The van der Waals surface area contributed by atoms with Crippen LogP contribution in [0.2, 0.25) is 0 Å². The lowest BCUT2D eigenvalue weighted by Gasteiger charge is -2.32. The average molecular weight is 390 g/mol. The van der Waals surface area contributed by atoms with Crippen molar-refractivity contribution in [1.82, 2.24) is 4.98 Å². The van der Waals surface area contributed by atoms with Gasteiger partial charge in [-0.2, -0.15) is 0 Å². The van der Waals surface area contributed by atoms with E-state index in [2.05, 4.69) is 10.3 Å². The van der Waals surface area contributed by atoms with Gasteiger partial charge in [0.15, 0.2) is 0 Å². The van der Waals surface area contributed by atoms with Gasteiger partial charge in [0.25, 0.3) is 10.0 Å². The second-order valence-corrected chi connectivity index (χ2v) is 8.89. The smallest absolute Gasteiger partial charge is 0.265 e. The van der Waals surface area contributed by atoms with Crippen LogP contribution in [0, 0.1) is 0 Å². The molecule has 2 aromatic rings. The summed E-state index contributed by atoms with van der Waals surface area (Å²) in [7, 11) is -3.67. The Morgan fingerprint density at radius 2 is 1.81 bits per heavy atom. The Labute approximate surface area is 161 Å². The number of aliphatic hydroxyl groups is 1.